The quantitative estimate of drug-likeness (QED) is 0.802. The molecule has 1 aliphatic carbocycles. The molecule has 1 aliphatic heterocycles. The van der Waals surface area contributed by atoms with Crippen molar-refractivity contribution in [1.29, 1.82) is 0 Å². The van der Waals surface area contributed by atoms with E-state index in [4.69, 9.17) is 4.74 Å². The van der Waals surface area contributed by atoms with Crippen LogP contribution in [-0.4, -0.2) is 51.1 Å². The molecule has 1 unspecified atom stereocenters. The van der Waals surface area contributed by atoms with Crippen molar-refractivity contribution < 1.29 is 17.9 Å². The van der Waals surface area contributed by atoms with E-state index in [9.17, 15) is 13.2 Å². The average molecular weight is 396 g/mol. The number of benzene rings is 1. The molecule has 1 aromatic carbocycles. The van der Waals surface area contributed by atoms with Crippen LogP contribution in [0.2, 0.25) is 0 Å². The van der Waals surface area contributed by atoms with Gasteiger partial charge in [-0.1, -0.05) is 6.07 Å². The fourth-order valence-corrected chi connectivity index (χ4v) is 4.93. The van der Waals surface area contributed by atoms with E-state index in [1.807, 2.05) is 20.8 Å². The lowest BCUT2D eigenvalue weighted by Gasteiger charge is -2.23. The minimum Gasteiger partial charge on any atom is -0.381 e. The number of urea groups is 1. The molecule has 2 aliphatic rings. The summed E-state index contributed by atoms with van der Waals surface area (Å²) in [7, 11) is -2.04. The standard InChI is InChI=1S/C19H29N3O4S/c1-13(2)22(4)27(24,25)15-6-5-14(3)16(11-15)20-18(23)21-17-12-19(17)7-9-26-10-8-19/h5-6,11,13,17H,7-10,12H2,1-4H3,(H2,20,21,23). The van der Waals surface area contributed by atoms with Crippen molar-refractivity contribution in [2.75, 3.05) is 25.6 Å². The van der Waals surface area contributed by atoms with Gasteiger partial charge in [0.25, 0.3) is 0 Å². The molecule has 1 spiro atoms. The van der Waals surface area contributed by atoms with E-state index in [1.54, 1.807) is 19.2 Å². The zero-order valence-electron chi connectivity index (χ0n) is 16.4. The average Bonchev–Trinajstić information content (AvgIpc) is 3.26. The molecule has 7 nitrogen and oxygen atoms in total. The van der Waals surface area contributed by atoms with Crippen LogP contribution in [0.4, 0.5) is 10.5 Å². The third-order valence-corrected chi connectivity index (χ3v) is 7.87. The molecule has 2 fully saturated rings. The SMILES string of the molecule is Cc1ccc(S(=O)(=O)N(C)C(C)C)cc1NC(=O)NC1CC12CCOCC2. The lowest BCUT2D eigenvalue weighted by atomic mass is 9.96. The summed E-state index contributed by atoms with van der Waals surface area (Å²) in [4.78, 5) is 12.6. The van der Waals surface area contributed by atoms with Crippen LogP contribution < -0.4 is 10.6 Å². The van der Waals surface area contributed by atoms with Crippen LogP contribution in [0.25, 0.3) is 0 Å². The molecule has 0 aromatic heterocycles. The first kappa shape index (κ1) is 20.1. The van der Waals surface area contributed by atoms with Crippen molar-refractivity contribution in [3.05, 3.63) is 23.8 Å². The molecule has 27 heavy (non-hydrogen) atoms. The number of sulfonamides is 1. The smallest absolute Gasteiger partial charge is 0.319 e. The maximum absolute atomic E-state index is 12.7. The number of rotatable bonds is 5. The van der Waals surface area contributed by atoms with Crippen molar-refractivity contribution in [3.63, 3.8) is 0 Å². The van der Waals surface area contributed by atoms with Crippen LogP contribution in [0.1, 0.15) is 38.7 Å². The summed E-state index contributed by atoms with van der Waals surface area (Å²) >= 11 is 0. The monoisotopic (exact) mass is 395 g/mol. The Morgan fingerprint density at radius 2 is 1.96 bits per heavy atom. The summed E-state index contributed by atoms with van der Waals surface area (Å²) in [5, 5.41) is 5.84. The van der Waals surface area contributed by atoms with Crippen LogP contribution in [0.15, 0.2) is 23.1 Å². The minimum atomic E-state index is -3.60. The fourth-order valence-electron chi connectivity index (χ4n) is 3.54. The number of nitrogens with one attached hydrogen (secondary N) is 2. The number of carbonyl (C=O) groups is 1. The number of hydrogen-bond donors (Lipinski definition) is 2. The van der Waals surface area contributed by atoms with Crippen LogP contribution in [0, 0.1) is 12.3 Å². The highest BCUT2D eigenvalue weighted by atomic mass is 32.2. The predicted molar refractivity (Wildman–Crippen MR) is 104 cm³/mol. The van der Waals surface area contributed by atoms with Crippen molar-refractivity contribution in [2.24, 2.45) is 5.41 Å². The van der Waals surface area contributed by atoms with Gasteiger partial charge >= 0.3 is 6.03 Å². The third-order valence-electron chi connectivity index (χ3n) is 5.85. The van der Waals surface area contributed by atoms with Gasteiger partial charge in [0, 0.05) is 38.0 Å². The highest BCUT2D eigenvalue weighted by Crippen LogP contribution is 2.53. The van der Waals surface area contributed by atoms with E-state index in [0.29, 0.717) is 5.69 Å². The number of anilines is 1. The van der Waals surface area contributed by atoms with E-state index in [-0.39, 0.29) is 28.4 Å². The maximum Gasteiger partial charge on any atom is 0.319 e. The first-order chi connectivity index (χ1) is 12.7. The van der Waals surface area contributed by atoms with Crippen molar-refractivity contribution in [3.8, 4) is 0 Å². The summed E-state index contributed by atoms with van der Waals surface area (Å²) in [6.07, 6.45) is 2.94. The zero-order valence-corrected chi connectivity index (χ0v) is 17.2. The molecule has 0 radical (unpaired) electrons. The molecule has 1 aromatic rings. The second kappa shape index (κ2) is 7.41. The molecule has 1 atom stereocenters. The van der Waals surface area contributed by atoms with Gasteiger partial charge in [0.15, 0.2) is 0 Å². The first-order valence-electron chi connectivity index (χ1n) is 9.40. The summed E-state index contributed by atoms with van der Waals surface area (Å²) in [5.41, 5.74) is 1.51. The van der Waals surface area contributed by atoms with Gasteiger partial charge in [0.1, 0.15) is 0 Å². The molecule has 0 bridgehead atoms. The van der Waals surface area contributed by atoms with E-state index in [2.05, 4.69) is 10.6 Å². The minimum absolute atomic E-state index is 0.151. The molecule has 2 N–H and O–H groups in total. The maximum atomic E-state index is 12.7. The largest absolute Gasteiger partial charge is 0.381 e. The Labute approximate surface area is 161 Å². The number of amides is 2. The van der Waals surface area contributed by atoms with Crippen LogP contribution >= 0.6 is 0 Å². The van der Waals surface area contributed by atoms with E-state index >= 15 is 0 Å². The Morgan fingerprint density at radius 1 is 1.30 bits per heavy atom. The van der Waals surface area contributed by atoms with Gasteiger partial charge in [-0.25, -0.2) is 13.2 Å². The summed E-state index contributed by atoms with van der Waals surface area (Å²) in [6.45, 7) is 6.99. The molecular weight excluding hydrogens is 366 g/mol. The van der Waals surface area contributed by atoms with E-state index in [0.717, 1.165) is 38.0 Å². The second-order valence-corrected chi connectivity index (χ2v) is 9.92. The van der Waals surface area contributed by atoms with Gasteiger partial charge in [-0.2, -0.15) is 4.31 Å². The second-order valence-electron chi connectivity index (χ2n) is 7.92. The van der Waals surface area contributed by atoms with Gasteiger partial charge < -0.3 is 15.4 Å². The van der Waals surface area contributed by atoms with Crippen molar-refractivity contribution in [2.45, 2.75) is 57.0 Å². The number of hydrogen-bond acceptors (Lipinski definition) is 4. The van der Waals surface area contributed by atoms with E-state index in [1.165, 1.54) is 10.4 Å². The Morgan fingerprint density at radius 3 is 2.59 bits per heavy atom. The van der Waals surface area contributed by atoms with E-state index < -0.39 is 10.0 Å². The highest BCUT2D eigenvalue weighted by Gasteiger charge is 2.55. The molecule has 3 rings (SSSR count). The molecule has 1 saturated carbocycles. The Bertz CT molecular complexity index is 816. The first-order valence-corrected chi connectivity index (χ1v) is 10.8. The van der Waals surface area contributed by atoms with Gasteiger partial charge in [0.05, 0.1) is 4.90 Å². The van der Waals surface area contributed by atoms with Crippen LogP contribution in [0.5, 0.6) is 0 Å². The molecule has 1 heterocycles. The normalized spacial score (nSPS) is 21.5. The Kier molecular flexibility index (Phi) is 5.52. The van der Waals surface area contributed by atoms with Crippen molar-refractivity contribution >= 4 is 21.7 Å². The number of nitrogens with zero attached hydrogens (tertiary/aromatic N) is 1. The topological polar surface area (TPSA) is 87.7 Å². The number of ether oxygens (including phenoxy) is 1. The van der Waals surface area contributed by atoms with Crippen LogP contribution in [-0.2, 0) is 14.8 Å². The number of carbonyl (C=O) groups excluding carboxylic acids is 1. The Balaban J connectivity index is 1.69. The molecule has 2 amide bonds. The highest BCUT2D eigenvalue weighted by molar-refractivity contribution is 7.89. The summed E-state index contributed by atoms with van der Waals surface area (Å²) in [6, 6.07) is 4.54. The fraction of sp³-hybridized carbons (Fsp3) is 0.632. The number of aryl methyl sites for hydroxylation is 1. The zero-order chi connectivity index (χ0) is 19.8. The Hall–Kier alpha value is -1.64. The third kappa shape index (κ3) is 4.12. The molecule has 1 saturated heterocycles. The van der Waals surface area contributed by atoms with Gasteiger partial charge in [-0.15, -0.1) is 0 Å². The molecular formula is C19H29N3O4S. The molecule has 150 valence electrons. The van der Waals surface area contributed by atoms with Gasteiger partial charge in [-0.3, -0.25) is 0 Å². The lowest BCUT2D eigenvalue weighted by Crippen LogP contribution is -2.35. The predicted octanol–water partition coefficient (Wildman–Crippen LogP) is 2.71. The van der Waals surface area contributed by atoms with Crippen molar-refractivity contribution in [1.82, 2.24) is 9.62 Å². The van der Waals surface area contributed by atoms with Gasteiger partial charge in [0.2, 0.25) is 10.0 Å². The van der Waals surface area contributed by atoms with Gasteiger partial charge in [-0.05, 0) is 63.1 Å². The summed E-state index contributed by atoms with van der Waals surface area (Å²) in [5.74, 6) is 0. The molecule has 8 heteroatoms. The van der Waals surface area contributed by atoms with Crippen LogP contribution in [0.3, 0.4) is 0 Å². The lowest BCUT2D eigenvalue weighted by molar-refractivity contribution is 0.0548. The summed E-state index contributed by atoms with van der Waals surface area (Å²) < 4.78 is 32.1.